The molecule has 0 amide bonds. The maximum atomic E-state index is 12.2. The molecule has 0 radical (unpaired) electrons. The number of esters is 1. The minimum Gasteiger partial charge on any atom is -1.00 e. The van der Waals surface area contributed by atoms with Crippen LogP contribution in [0.2, 0.25) is 0 Å². The fourth-order valence-corrected chi connectivity index (χ4v) is 3.69. The Morgan fingerprint density at radius 1 is 1.30 bits per heavy atom. The molecule has 1 aliphatic heterocycles. The first-order valence-electron chi connectivity index (χ1n) is 8.86. The first-order valence-corrected chi connectivity index (χ1v) is 8.86. The van der Waals surface area contributed by atoms with E-state index >= 15 is 0 Å². The van der Waals surface area contributed by atoms with E-state index in [2.05, 4.69) is 0 Å². The van der Waals surface area contributed by atoms with Gasteiger partial charge in [-0.1, -0.05) is 12.1 Å². The fourth-order valence-electron chi connectivity index (χ4n) is 3.69. The molecule has 3 heterocycles. The summed E-state index contributed by atoms with van der Waals surface area (Å²) in [4.78, 5) is 13.5. The summed E-state index contributed by atoms with van der Waals surface area (Å²) >= 11 is 0. The van der Waals surface area contributed by atoms with Gasteiger partial charge in [0.15, 0.2) is 5.58 Å². The fraction of sp³-hybridized carbons (Fsp3) is 0.421. The van der Waals surface area contributed by atoms with Crippen molar-refractivity contribution in [3.63, 3.8) is 0 Å². The summed E-state index contributed by atoms with van der Waals surface area (Å²) in [6.07, 6.45) is -0.587. The van der Waals surface area contributed by atoms with Gasteiger partial charge in [-0.05, 0) is 12.1 Å². The molecule has 0 bridgehead atoms. The van der Waals surface area contributed by atoms with Crippen LogP contribution in [0.15, 0.2) is 34.7 Å². The molecule has 0 spiro atoms. The summed E-state index contributed by atoms with van der Waals surface area (Å²) in [5.41, 5.74) is 2.59. The Balaban J connectivity index is 0.00000210. The number of methoxy groups -OCH3 is 1. The third-order valence-electron chi connectivity index (χ3n) is 4.94. The van der Waals surface area contributed by atoms with Crippen LogP contribution in [-0.4, -0.2) is 61.7 Å². The predicted molar refractivity (Wildman–Crippen MR) is 95.4 cm³/mol. The number of aromatic nitrogens is 1. The van der Waals surface area contributed by atoms with Gasteiger partial charge in [0.05, 0.1) is 32.4 Å². The van der Waals surface area contributed by atoms with Crippen LogP contribution >= 0.6 is 0 Å². The van der Waals surface area contributed by atoms with Gasteiger partial charge in [0.1, 0.15) is 37.0 Å². The molecule has 7 nitrogen and oxygen atoms in total. The molecular weight excluding hydrogens is 372 g/mol. The predicted octanol–water partition coefficient (Wildman–Crippen LogP) is -2.55. The summed E-state index contributed by atoms with van der Waals surface area (Å²) in [5.74, 6) is -0.439. The van der Waals surface area contributed by atoms with Crippen molar-refractivity contribution in [3.8, 4) is 0 Å². The van der Waals surface area contributed by atoms with E-state index < -0.39 is 12.1 Å². The number of aliphatic hydroxyl groups is 1. The van der Waals surface area contributed by atoms with Crippen LogP contribution in [0.25, 0.3) is 22.1 Å². The zero-order valence-electron chi connectivity index (χ0n) is 15.1. The number of para-hydroxylation sites is 1. The monoisotopic (exact) mass is 394 g/mol. The first-order chi connectivity index (χ1) is 12.7. The number of nitrogens with zero attached hydrogens (tertiary/aromatic N) is 1. The van der Waals surface area contributed by atoms with Gasteiger partial charge in [0.25, 0.3) is 0 Å². The molecule has 0 saturated carbocycles. The second-order valence-electron chi connectivity index (χ2n) is 6.66. The lowest BCUT2D eigenvalue weighted by Crippen LogP contribution is -3.15. The van der Waals surface area contributed by atoms with Gasteiger partial charge in [-0.15, -0.1) is 0 Å². The molecule has 8 heteroatoms. The van der Waals surface area contributed by atoms with Gasteiger partial charge < -0.3 is 40.9 Å². The largest absolute Gasteiger partial charge is 1.00 e. The standard InChI is InChI=1S/C19H22N2O5.ClH/c1-24-19(23)15-10-17-18(14-4-2-3-5-16(14)26-17)21(15)12-13(22)11-20-6-8-25-9-7-20;/h2-5,10,13,22H,6-9,11-12H2,1H3;1H. The number of fused-ring (bicyclic) bond motifs is 3. The number of quaternary nitrogens is 1. The number of carbonyl (C=O) groups is 1. The molecule has 1 fully saturated rings. The Hall–Kier alpha value is -2.06. The number of nitrogens with one attached hydrogen (secondary N) is 1. The first kappa shape index (κ1) is 19.7. The summed E-state index contributed by atoms with van der Waals surface area (Å²) < 4.78 is 18.0. The topological polar surface area (TPSA) is 78.3 Å². The van der Waals surface area contributed by atoms with Crippen molar-refractivity contribution < 1.29 is 41.1 Å². The molecule has 1 aliphatic rings. The van der Waals surface area contributed by atoms with E-state index in [0.29, 0.717) is 24.4 Å². The molecule has 27 heavy (non-hydrogen) atoms. The lowest BCUT2D eigenvalue weighted by atomic mass is 10.2. The van der Waals surface area contributed by atoms with Crippen molar-refractivity contribution in [1.29, 1.82) is 0 Å². The summed E-state index contributed by atoms with van der Waals surface area (Å²) in [7, 11) is 1.36. The van der Waals surface area contributed by atoms with Crippen molar-refractivity contribution in [2.24, 2.45) is 0 Å². The van der Waals surface area contributed by atoms with Gasteiger partial charge >= 0.3 is 5.97 Å². The van der Waals surface area contributed by atoms with Crippen molar-refractivity contribution in [2.45, 2.75) is 12.6 Å². The van der Waals surface area contributed by atoms with Gasteiger partial charge in [-0.3, -0.25) is 0 Å². The summed E-state index contributed by atoms with van der Waals surface area (Å²) in [5, 5.41) is 11.6. The highest BCUT2D eigenvalue weighted by Gasteiger charge is 2.25. The van der Waals surface area contributed by atoms with Crippen LogP contribution < -0.4 is 17.3 Å². The van der Waals surface area contributed by atoms with Crippen LogP contribution in [0.4, 0.5) is 0 Å². The van der Waals surface area contributed by atoms with Crippen LogP contribution in [0.5, 0.6) is 0 Å². The minimum absolute atomic E-state index is 0. The van der Waals surface area contributed by atoms with Gasteiger partial charge in [0.2, 0.25) is 0 Å². The number of aliphatic hydroxyl groups excluding tert-OH is 1. The molecule has 146 valence electrons. The number of benzene rings is 1. The number of carbonyl (C=O) groups excluding carboxylic acids is 1. The molecular formula is C19H23ClN2O5. The van der Waals surface area contributed by atoms with Crippen LogP contribution in [0, 0.1) is 0 Å². The SMILES string of the molecule is COC(=O)c1cc2oc3ccccc3c2n1CC(O)C[NH+]1CCOCC1.[Cl-]. The van der Waals surface area contributed by atoms with Crippen LogP contribution in [0.1, 0.15) is 10.5 Å². The molecule has 1 saturated heterocycles. The van der Waals surface area contributed by atoms with E-state index in [1.807, 2.05) is 28.8 Å². The second-order valence-corrected chi connectivity index (χ2v) is 6.66. The second kappa shape index (κ2) is 8.31. The number of ether oxygens (including phenoxy) is 2. The molecule has 2 aromatic heterocycles. The molecule has 3 aromatic rings. The Bertz CT molecular complexity index is 929. The Labute approximate surface area is 162 Å². The van der Waals surface area contributed by atoms with Gasteiger partial charge in [-0.2, -0.15) is 0 Å². The normalized spacial score (nSPS) is 16.4. The highest BCUT2D eigenvalue weighted by Crippen LogP contribution is 2.31. The average molecular weight is 395 g/mol. The van der Waals surface area contributed by atoms with E-state index in [1.165, 1.54) is 12.0 Å². The van der Waals surface area contributed by atoms with Crippen LogP contribution in [-0.2, 0) is 16.0 Å². The third kappa shape index (κ3) is 3.82. The Morgan fingerprint density at radius 3 is 2.78 bits per heavy atom. The highest BCUT2D eigenvalue weighted by molar-refractivity contribution is 6.06. The number of morpholine rings is 1. The zero-order valence-corrected chi connectivity index (χ0v) is 15.9. The van der Waals surface area contributed by atoms with Gasteiger partial charge in [-0.25, -0.2) is 4.79 Å². The summed E-state index contributed by atoms with van der Waals surface area (Å²) in [6, 6.07) is 9.38. The molecule has 4 rings (SSSR count). The Morgan fingerprint density at radius 2 is 2.04 bits per heavy atom. The lowest BCUT2D eigenvalue weighted by molar-refractivity contribution is -0.911. The Kier molecular flexibility index (Phi) is 6.06. The average Bonchev–Trinajstić information content (AvgIpc) is 3.18. The van der Waals surface area contributed by atoms with Crippen molar-refractivity contribution in [3.05, 3.63) is 36.0 Å². The van der Waals surface area contributed by atoms with Crippen LogP contribution in [0.3, 0.4) is 0 Å². The van der Waals surface area contributed by atoms with E-state index in [0.717, 1.165) is 42.8 Å². The third-order valence-corrected chi connectivity index (χ3v) is 4.94. The number of hydrogen-bond donors (Lipinski definition) is 2. The minimum atomic E-state index is -0.587. The molecule has 1 atom stereocenters. The van der Waals surface area contributed by atoms with Crippen molar-refractivity contribution in [1.82, 2.24) is 4.57 Å². The summed E-state index contributed by atoms with van der Waals surface area (Å²) in [6.45, 7) is 4.12. The van der Waals surface area contributed by atoms with E-state index in [9.17, 15) is 9.90 Å². The molecule has 2 N–H and O–H groups in total. The maximum absolute atomic E-state index is 12.2. The van der Waals surface area contributed by atoms with E-state index in [4.69, 9.17) is 13.9 Å². The highest BCUT2D eigenvalue weighted by atomic mass is 35.5. The number of furan rings is 1. The molecule has 1 aromatic carbocycles. The maximum Gasteiger partial charge on any atom is 0.354 e. The van der Waals surface area contributed by atoms with Gasteiger partial charge in [0, 0.05) is 11.5 Å². The lowest BCUT2D eigenvalue weighted by Gasteiger charge is -2.26. The molecule has 0 aliphatic carbocycles. The number of hydrogen-bond acceptors (Lipinski definition) is 5. The smallest absolute Gasteiger partial charge is 0.354 e. The van der Waals surface area contributed by atoms with Crippen molar-refractivity contribution >= 4 is 28.0 Å². The molecule has 1 unspecified atom stereocenters. The van der Waals surface area contributed by atoms with E-state index in [-0.39, 0.29) is 12.4 Å². The quantitative estimate of drug-likeness (QED) is 0.466. The van der Waals surface area contributed by atoms with E-state index in [1.54, 1.807) is 6.07 Å². The number of rotatable bonds is 5. The zero-order chi connectivity index (χ0) is 18.1. The van der Waals surface area contributed by atoms with Crippen molar-refractivity contribution in [2.75, 3.05) is 40.0 Å². The number of halogens is 1.